The minimum Gasteiger partial charge on any atom is -0.455 e. The van der Waals surface area contributed by atoms with Gasteiger partial charge in [-0.25, -0.2) is 0 Å². The van der Waals surface area contributed by atoms with Gasteiger partial charge >= 0.3 is 0 Å². The number of para-hydroxylation sites is 3. The Morgan fingerprint density at radius 3 is 1.80 bits per heavy atom. The van der Waals surface area contributed by atoms with Gasteiger partial charge in [0.15, 0.2) is 0 Å². The Bertz CT molecular complexity index is 2590. The summed E-state index contributed by atoms with van der Waals surface area (Å²) < 4.78 is 9.27. The summed E-state index contributed by atoms with van der Waals surface area (Å²) >= 11 is 0. The first-order valence-electron chi connectivity index (χ1n) is 18.9. The molecule has 2 aromatic heterocycles. The van der Waals surface area contributed by atoms with Gasteiger partial charge in [-0.15, -0.1) is 0 Å². The average molecular weight is 646 g/mol. The van der Waals surface area contributed by atoms with Crippen molar-refractivity contribution in [2.75, 3.05) is 0 Å². The molecule has 0 saturated heterocycles. The molecule has 0 N–H and O–H groups in total. The van der Waals surface area contributed by atoms with E-state index in [1.807, 2.05) is 0 Å². The highest BCUT2D eigenvalue weighted by molar-refractivity contribution is 6.12. The fourth-order valence-corrected chi connectivity index (χ4v) is 12.1. The van der Waals surface area contributed by atoms with Crippen LogP contribution in [0, 0.1) is 11.8 Å². The molecule has 2 saturated carbocycles. The summed E-state index contributed by atoms with van der Waals surface area (Å²) in [5, 5.41) is 5.05. The maximum Gasteiger partial charge on any atom is 0.143 e. The van der Waals surface area contributed by atoms with Crippen LogP contribution >= 0.6 is 0 Å². The number of hydrogen-bond acceptors (Lipinski definition) is 1. The first kappa shape index (κ1) is 27.7. The van der Waals surface area contributed by atoms with E-state index >= 15 is 0 Å². The van der Waals surface area contributed by atoms with Crippen molar-refractivity contribution in [2.45, 2.75) is 61.8 Å². The van der Waals surface area contributed by atoms with Crippen LogP contribution in [0.2, 0.25) is 0 Å². The van der Waals surface area contributed by atoms with E-state index in [9.17, 15) is 0 Å². The van der Waals surface area contributed by atoms with Crippen LogP contribution in [0.4, 0.5) is 0 Å². The molecular weight excluding hydrogens is 607 g/mol. The second kappa shape index (κ2) is 10.2. The number of fused-ring (bicyclic) bond motifs is 12. The highest BCUT2D eigenvalue weighted by atomic mass is 16.3. The number of benzene rings is 6. The van der Waals surface area contributed by atoms with E-state index in [-0.39, 0.29) is 0 Å². The summed E-state index contributed by atoms with van der Waals surface area (Å²) in [7, 11) is 0. The molecule has 242 valence electrons. The lowest BCUT2D eigenvalue weighted by Crippen LogP contribution is -2.48. The van der Waals surface area contributed by atoms with Gasteiger partial charge in [0.25, 0.3) is 0 Å². The van der Waals surface area contributed by atoms with Crippen molar-refractivity contribution in [3.63, 3.8) is 0 Å². The lowest BCUT2D eigenvalue weighted by Gasteiger charge is -2.59. The normalized spacial score (nSPS) is 26.6. The van der Waals surface area contributed by atoms with Gasteiger partial charge < -0.3 is 8.98 Å². The van der Waals surface area contributed by atoms with Gasteiger partial charge in [0.2, 0.25) is 0 Å². The maximum absolute atomic E-state index is 6.51. The smallest absolute Gasteiger partial charge is 0.143 e. The molecule has 12 rings (SSSR count). The average Bonchev–Trinajstić information content (AvgIpc) is 3.73. The zero-order chi connectivity index (χ0) is 32.5. The van der Waals surface area contributed by atoms with Crippen LogP contribution in [-0.4, -0.2) is 4.57 Å². The standard InChI is InChI=1S/C48H39NO/c1-3-13-33-31(11-1)37-18-10-19-38-32-12-2-4-14-34(32)42-27-29(26-41(33)47(42)46(37)38)49-43-21-7-5-15-35(43)40-25-28(23-24-44(40)49)30-17-9-20-39-36-16-6-8-22-45(36)50-48(30)39/h1-9,11-17,20-25,29,37-38,41-42,46-47H,10,18-19,26-27H2. The minimum atomic E-state index is 0.422. The van der Waals surface area contributed by atoms with Crippen molar-refractivity contribution in [2.24, 2.45) is 11.8 Å². The Labute approximate surface area is 292 Å². The molecule has 4 unspecified atom stereocenters. The van der Waals surface area contributed by atoms with Crippen molar-refractivity contribution in [1.29, 1.82) is 0 Å². The molecule has 2 heteroatoms. The lowest BCUT2D eigenvalue weighted by atomic mass is 9.45. The monoisotopic (exact) mass is 645 g/mol. The van der Waals surface area contributed by atoms with E-state index in [2.05, 4.69) is 138 Å². The topological polar surface area (TPSA) is 18.1 Å². The van der Waals surface area contributed by atoms with Crippen LogP contribution in [0.25, 0.3) is 54.9 Å². The summed E-state index contributed by atoms with van der Waals surface area (Å²) in [6.07, 6.45) is 6.49. The molecule has 4 atom stereocenters. The molecule has 2 heterocycles. The summed E-state index contributed by atoms with van der Waals surface area (Å²) in [6, 6.07) is 51.1. The fraction of sp³-hybridized carbons (Fsp3) is 0.250. The van der Waals surface area contributed by atoms with Crippen molar-refractivity contribution < 1.29 is 4.42 Å². The first-order valence-corrected chi connectivity index (χ1v) is 18.9. The van der Waals surface area contributed by atoms with Gasteiger partial charge in [0.1, 0.15) is 11.2 Å². The van der Waals surface area contributed by atoms with Gasteiger partial charge in [-0.1, -0.05) is 116 Å². The molecule has 0 bridgehead atoms. The van der Waals surface area contributed by atoms with Crippen LogP contribution in [0.1, 0.15) is 84.1 Å². The van der Waals surface area contributed by atoms with Crippen molar-refractivity contribution >= 4 is 43.7 Å². The SMILES string of the molecule is c1ccc2c(c1)C1CCCC3c4ccccc4C4CC(n5c6ccccc6c6cc(-c7cccc8c7oc7ccccc78)ccc65)CC2C4C13. The Morgan fingerprint density at radius 1 is 0.480 bits per heavy atom. The number of aromatic nitrogens is 1. The van der Waals surface area contributed by atoms with Crippen LogP contribution in [-0.2, 0) is 0 Å². The van der Waals surface area contributed by atoms with E-state index in [4.69, 9.17) is 4.42 Å². The molecule has 50 heavy (non-hydrogen) atoms. The van der Waals surface area contributed by atoms with Gasteiger partial charge in [-0.3, -0.25) is 0 Å². The minimum absolute atomic E-state index is 0.422. The predicted molar refractivity (Wildman–Crippen MR) is 205 cm³/mol. The predicted octanol–water partition coefficient (Wildman–Crippen LogP) is 12.9. The van der Waals surface area contributed by atoms with E-state index in [1.165, 1.54) is 70.2 Å². The summed E-state index contributed by atoms with van der Waals surface area (Å²) in [6.45, 7) is 0. The van der Waals surface area contributed by atoms with Crippen molar-refractivity contribution in [1.82, 2.24) is 4.57 Å². The lowest BCUT2D eigenvalue weighted by molar-refractivity contribution is 0.0583. The van der Waals surface area contributed by atoms with E-state index < -0.39 is 0 Å². The second-order valence-electron chi connectivity index (χ2n) is 15.8. The molecular formula is C48H39NO. The molecule has 0 amide bonds. The molecule has 2 nitrogen and oxygen atoms in total. The molecule has 4 aliphatic rings. The fourth-order valence-electron chi connectivity index (χ4n) is 12.1. The summed E-state index contributed by atoms with van der Waals surface area (Å²) in [4.78, 5) is 0. The first-order chi connectivity index (χ1) is 24.8. The Hall–Kier alpha value is -5.08. The van der Waals surface area contributed by atoms with E-state index in [0.717, 1.165) is 28.6 Å². The molecule has 0 aliphatic heterocycles. The number of rotatable bonds is 2. The third-order valence-corrected chi connectivity index (χ3v) is 13.8. The Kier molecular flexibility index (Phi) is 5.67. The molecule has 0 radical (unpaired) electrons. The van der Waals surface area contributed by atoms with Crippen LogP contribution in [0.15, 0.2) is 138 Å². The molecule has 2 fully saturated rings. The summed E-state index contributed by atoms with van der Waals surface area (Å²) in [5.74, 6) is 4.10. The van der Waals surface area contributed by atoms with Crippen LogP contribution < -0.4 is 0 Å². The Balaban J connectivity index is 1.05. The summed E-state index contributed by atoms with van der Waals surface area (Å²) in [5.41, 5.74) is 13.7. The third-order valence-electron chi connectivity index (χ3n) is 13.8. The van der Waals surface area contributed by atoms with E-state index in [0.29, 0.717) is 29.7 Å². The number of nitrogens with zero attached hydrogens (tertiary/aromatic N) is 1. The zero-order valence-corrected chi connectivity index (χ0v) is 28.1. The second-order valence-corrected chi connectivity index (χ2v) is 15.8. The molecule has 4 aliphatic carbocycles. The maximum atomic E-state index is 6.51. The quantitative estimate of drug-likeness (QED) is 0.183. The van der Waals surface area contributed by atoms with Crippen molar-refractivity contribution in [3.05, 3.63) is 156 Å². The van der Waals surface area contributed by atoms with E-state index in [1.54, 1.807) is 22.3 Å². The Morgan fingerprint density at radius 2 is 1.06 bits per heavy atom. The van der Waals surface area contributed by atoms with Gasteiger partial charge in [-0.2, -0.15) is 0 Å². The van der Waals surface area contributed by atoms with Gasteiger partial charge in [0.05, 0.1) is 0 Å². The third kappa shape index (κ3) is 3.64. The van der Waals surface area contributed by atoms with Gasteiger partial charge in [0, 0.05) is 44.2 Å². The molecule has 8 aromatic rings. The van der Waals surface area contributed by atoms with Crippen molar-refractivity contribution in [3.8, 4) is 11.1 Å². The number of hydrogen-bond donors (Lipinski definition) is 0. The van der Waals surface area contributed by atoms with Crippen LogP contribution in [0.5, 0.6) is 0 Å². The molecule has 0 spiro atoms. The number of furan rings is 1. The largest absolute Gasteiger partial charge is 0.455 e. The highest BCUT2D eigenvalue weighted by Gasteiger charge is 2.56. The van der Waals surface area contributed by atoms with Crippen LogP contribution in [0.3, 0.4) is 0 Å². The van der Waals surface area contributed by atoms with Gasteiger partial charge in [-0.05, 0) is 113 Å². The zero-order valence-electron chi connectivity index (χ0n) is 28.1. The highest BCUT2D eigenvalue weighted by Crippen LogP contribution is 2.68. The molecule has 6 aromatic carbocycles.